The van der Waals surface area contributed by atoms with Crippen molar-refractivity contribution in [2.24, 2.45) is 0 Å². The summed E-state index contributed by atoms with van der Waals surface area (Å²) < 4.78 is 2.41. The normalized spacial score (nSPS) is 11.1. The van der Waals surface area contributed by atoms with E-state index in [-0.39, 0.29) is 0 Å². The molecule has 1 aromatic heterocycles. The minimum Gasteiger partial charge on any atom is -0.187 e. The molecule has 0 aliphatic rings. The van der Waals surface area contributed by atoms with E-state index in [0.29, 0.717) is 0 Å². The highest BCUT2D eigenvalue weighted by atomic mass is 15.0. The lowest BCUT2D eigenvalue weighted by Gasteiger charge is -2.06. The van der Waals surface area contributed by atoms with E-state index in [2.05, 4.69) is 90.4 Å². The summed E-state index contributed by atoms with van der Waals surface area (Å²) in [5.74, 6) is 0. The number of pyridine rings is 1. The van der Waals surface area contributed by atoms with Crippen LogP contribution < -0.4 is 4.57 Å². The van der Waals surface area contributed by atoms with Crippen molar-refractivity contribution >= 4 is 21.8 Å². The summed E-state index contributed by atoms with van der Waals surface area (Å²) in [4.78, 5) is 0. The van der Waals surface area contributed by atoms with Crippen LogP contribution in [0.2, 0.25) is 0 Å². The van der Waals surface area contributed by atoms with E-state index in [1.54, 1.807) is 0 Å². The first kappa shape index (κ1) is 13.0. The van der Waals surface area contributed by atoms with Crippen molar-refractivity contribution in [3.05, 3.63) is 90.0 Å². The second-order valence-corrected chi connectivity index (χ2v) is 5.83. The van der Waals surface area contributed by atoms with Gasteiger partial charge in [-0.15, -0.1) is 0 Å². The van der Waals surface area contributed by atoms with Gasteiger partial charge in [-0.3, -0.25) is 0 Å². The molecule has 0 spiro atoms. The Labute approximate surface area is 130 Å². The summed E-state index contributed by atoms with van der Waals surface area (Å²) in [6.07, 6.45) is 0. The van der Waals surface area contributed by atoms with Gasteiger partial charge >= 0.3 is 0 Å². The van der Waals surface area contributed by atoms with Gasteiger partial charge in [-0.25, -0.2) is 0 Å². The van der Waals surface area contributed by atoms with Crippen LogP contribution in [0.15, 0.2) is 78.9 Å². The summed E-state index contributed by atoms with van der Waals surface area (Å²) in [6.45, 7) is 3.02. The third-order valence-corrected chi connectivity index (χ3v) is 4.23. The Morgan fingerprint density at radius 3 is 1.82 bits per heavy atom. The van der Waals surface area contributed by atoms with Crippen molar-refractivity contribution in [1.29, 1.82) is 0 Å². The predicted octanol–water partition coefficient (Wildman–Crippen LogP) is 4.64. The molecule has 0 saturated heterocycles. The molecule has 1 nitrogen and oxygen atoms in total. The van der Waals surface area contributed by atoms with Crippen LogP contribution in [0.4, 0.5) is 0 Å². The summed E-state index contributed by atoms with van der Waals surface area (Å²) in [7, 11) is 0. The Morgan fingerprint density at radius 1 is 0.682 bits per heavy atom. The van der Waals surface area contributed by atoms with Crippen LogP contribution in [0, 0.1) is 6.92 Å². The molecule has 4 aromatic rings. The van der Waals surface area contributed by atoms with Crippen molar-refractivity contribution in [3.8, 4) is 0 Å². The van der Waals surface area contributed by atoms with Crippen molar-refractivity contribution in [3.63, 3.8) is 0 Å². The number of rotatable bonds is 2. The third-order valence-electron chi connectivity index (χ3n) is 4.23. The molecule has 0 radical (unpaired) electrons. The molecule has 3 aromatic carbocycles. The maximum atomic E-state index is 2.41. The quantitative estimate of drug-likeness (QED) is 0.373. The number of aromatic nitrogens is 1. The van der Waals surface area contributed by atoms with Gasteiger partial charge in [0, 0.05) is 28.5 Å². The van der Waals surface area contributed by atoms with E-state index in [1.807, 2.05) is 0 Å². The molecule has 4 rings (SSSR count). The van der Waals surface area contributed by atoms with Crippen molar-refractivity contribution in [1.82, 2.24) is 0 Å². The standard InChI is InChI=1S/C21H18N/c1-16-10-12-17(13-11-16)15-22-20-8-4-2-6-18(20)14-19-7-3-5-9-21(19)22/h2-14H,15H2,1H3/q+1. The minimum absolute atomic E-state index is 0.891. The highest BCUT2D eigenvalue weighted by Crippen LogP contribution is 2.18. The molecule has 0 aliphatic heterocycles. The first-order valence-electron chi connectivity index (χ1n) is 7.67. The molecule has 1 heteroatoms. The van der Waals surface area contributed by atoms with Crippen molar-refractivity contribution in [2.45, 2.75) is 13.5 Å². The number of aryl methyl sites for hydroxylation is 1. The smallest absolute Gasteiger partial charge is 0.187 e. The SMILES string of the molecule is Cc1ccc(C[n+]2c3ccccc3cc3ccccc32)cc1. The molecular weight excluding hydrogens is 266 g/mol. The van der Waals surface area contributed by atoms with E-state index >= 15 is 0 Å². The number of hydrogen-bond donors (Lipinski definition) is 0. The lowest BCUT2D eigenvalue weighted by molar-refractivity contribution is -0.635. The van der Waals surface area contributed by atoms with Crippen LogP contribution in [0.25, 0.3) is 21.8 Å². The number of hydrogen-bond acceptors (Lipinski definition) is 0. The minimum atomic E-state index is 0.891. The van der Waals surface area contributed by atoms with Crippen LogP contribution in [0.5, 0.6) is 0 Å². The Bertz CT molecular complexity index is 898. The van der Waals surface area contributed by atoms with Crippen LogP contribution in [0.3, 0.4) is 0 Å². The monoisotopic (exact) mass is 284 g/mol. The summed E-state index contributed by atoms with van der Waals surface area (Å²) in [5, 5.41) is 2.57. The lowest BCUT2D eigenvalue weighted by atomic mass is 10.1. The number of para-hydroxylation sites is 2. The molecule has 0 fully saturated rings. The molecule has 0 unspecified atom stereocenters. The lowest BCUT2D eigenvalue weighted by Crippen LogP contribution is -2.36. The molecule has 22 heavy (non-hydrogen) atoms. The number of fused-ring (bicyclic) bond motifs is 2. The second kappa shape index (κ2) is 5.27. The highest BCUT2D eigenvalue weighted by molar-refractivity contribution is 5.88. The largest absolute Gasteiger partial charge is 0.213 e. The van der Waals surface area contributed by atoms with Crippen molar-refractivity contribution in [2.75, 3.05) is 0 Å². The molecule has 0 aliphatic carbocycles. The third kappa shape index (κ3) is 2.25. The molecule has 0 atom stereocenters. The maximum absolute atomic E-state index is 2.41. The molecule has 0 amide bonds. The first-order valence-corrected chi connectivity index (χ1v) is 7.67. The fourth-order valence-corrected chi connectivity index (χ4v) is 3.05. The van der Waals surface area contributed by atoms with Gasteiger partial charge in [-0.05, 0) is 25.1 Å². The molecule has 0 N–H and O–H groups in total. The average Bonchev–Trinajstić information content (AvgIpc) is 2.56. The Hall–Kier alpha value is -2.67. The fourth-order valence-electron chi connectivity index (χ4n) is 3.05. The van der Waals surface area contributed by atoms with Crippen LogP contribution in [0.1, 0.15) is 11.1 Å². The average molecular weight is 284 g/mol. The summed E-state index contributed by atoms with van der Waals surface area (Å²) in [6, 6.07) is 28.3. The van der Waals surface area contributed by atoms with Gasteiger partial charge in [-0.2, -0.15) is 4.57 Å². The fraction of sp³-hybridized carbons (Fsp3) is 0.0952. The zero-order valence-corrected chi connectivity index (χ0v) is 12.7. The zero-order valence-electron chi connectivity index (χ0n) is 12.7. The predicted molar refractivity (Wildman–Crippen MR) is 91.9 cm³/mol. The zero-order chi connectivity index (χ0) is 14.9. The van der Waals surface area contributed by atoms with Gasteiger partial charge in [0.05, 0.1) is 0 Å². The van der Waals surface area contributed by atoms with Gasteiger partial charge in [0.25, 0.3) is 0 Å². The number of benzene rings is 3. The number of nitrogens with zero attached hydrogens (tertiary/aromatic N) is 1. The maximum Gasteiger partial charge on any atom is 0.213 e. The first-order chi connectivity index (χ1) is 10.8. The molecule has 0 bridgehead atoms. The molecule has 0 saturated carbocycles. The summed E-state index contributed by atoms with van der Waals surface area (Å²) in [5.41, 5.74) is 5.19. The summed E-state index contributed by atoms with van der Waals surface area (Å²) >= 11 is 0. The van der Waals surface area contributed by atoms with Crippen LogP contribution >= 0.6 is 0 Å². The van der Waals surface area contributed by atoms with E-state index < -0.39 is 0 Å². The van der Waals surface area contributed by atoms with Gasteiger partial charge in [-0.1, -0.05) is 54.1 Å². The van der Waals surface area contributed by atoms with E-state index in [4.69, 9.17) is 0 Å². The van der Waals surface area contributed by atoms with Crippen molar-refractivity contribution < 1.29 is 4.57 Å². The van der Waals surface area contributed by atoms with Crippen LogP contribution in [-0.4, -0.2) is 0 Å². The topological polar surface area (TPSA) is 3.88 Å². The molecular formula is C21H18N+. The van der Waals surface area contributed by atoms with Gasteiger partial charge in [0.1, 0.15) is 0 Å². The Balaban J connectivity index is 1.97. The van der Waals surface area contributed by atoms with Gasteiger partial charge in [0.2, 0.25) is 11.0 Å². The highest BCUT2D eigenvalue weighted by Gasteiger charge is 2.14. The van der Waals surface area contributed by atoms with E-state index in [0.717, 1.165) is 6.54 Å². The van der Waals surface area contributed by atoms with E-state index in [9.17, 15) is 0 Å². The second-order valence-electron chi connectivity index (χ2n) is 5.83. The van der Waals surface area contributed by atoms with Gasteiger partial charge < -0.3 is 0 Å². The Morgan fingerprint density at radius 2 is 1.23 bits per heavy atom. The molecule has 106 valence electrons. The van der Waals surface area contributed by atoms with Crippen LogP contribution in [-0.2, 0) is 6.54 Å². The Kier molecular flexibility index (Phi) is 3.12. The molecule has 1 heterocycles. The van der Waals surface area contributed by atoms with E-state index in [1.165, 1.54) is 32.9 Å². The van der Waals surface area contributed by atoms with Gasteiger partial charge in [0.15, 0.2) is 6.54 Å².